The first-order valence-electron chi connectivity index (χ1n) is 8.95. The molecule has 0 spiro atoms. The van der Waals surface area contributed by atoms with Gasteiger partial charge in [0.2, 0.25) is 0 Å². The van der Waals surface area contributed by atoms with Crippen LogP contribution < -0.4 is 0 Å². The van der Waals surface area contributed by atoms with Crippen molar-refractivity contribution in [2.75, 3.05) is 14.1 Å². The first kappa shape index (κ1) is 11.7. The van der Waals surface area contributed by atoms with Gasteiger partial charge in [0, 0.05) is 22.6 Å². The molecule has 2 fully saturated rings. The molecule has 0 saturated carbocycles. The third kappa shape index (κ3) is 2.61. The second-order valence-electron chi connectivity index (χ2n) is 5.80. The Labute approximate surface area is 134 Å². The highest BCUT2D eigenvalue weighted by Gasteiger charge is 2.50. The van der Waals surface area contributed by atoms with E-state index in [-0.39, 0.29) is 6.04 Å². The van der Waals surface area contributed by atoms with E-state index in [9.17, 15) is 9.59 Å². The summed E-state index contributed by atoms with van der Waals surface area (Å²) in [6.45, 7) is -2.29. The van der Waals surface area contributed by atoms with Gasteiger partial charge < -0.3 is 9.47 Å². The molecule has 5 heteroatoms. The largest absolute Gasteiger partial charge is 0.469 e. The minimum atomic E-state index is -2.29. The number of carbonyl (C=O) groups excluding carboxylic acids is 2. The number of ether oxygens (including phenoxy) is 2. The molecular formula is C17H21NO4. The molecule has 0 aromatic heterocycles. The van der Waals surface area contributed by atoms with Crippen LogP contribution >= 0.6 is 0 Å². The number of benzene rings is 1. The quantitative estimate of drug-likeness (QED) is 0.798. The Balaban J connectivity index is 1.84. The minimum Gasteiger partial charge on any atom is -0.469 e. The number of carbonyl (C=O) groups is 2. The highest BCUT2D eigenvalue weighted by atomic mass is 16.6. The molecule has 3 rings (SSSR count). The van der Waals surface area contributed by atoms with Crippen molar-refractivity contribution in [1.29, 1.82) is 0 Å². The Morgan fingerprint density at radius 3 is 2.73 bits per heavy atom. The fourth-order valence-electron chi connectivity index (χ4n) is 3.50. The Bertz CT molecular complexity index is 649. The molecule has 2 bridgehead atoms. The second kappa shape index (κ2) is 6.08. The van der Waals surface area contributed by atoms with Crippen molar-refractivity contribution in [3.05, 3.63) is 35.9 Å². The summed E-state index contributed by atoms with van der Waals surface area (Å²) in [6.07, 6.45) is 0.863. The van der Waals surface area contributed by atoms with Crippen molar-refractivity contribution in [3.63, 3.8) is 0 Å². The van der Waals surface area contributed by atoms with E-state index in [1.54, 1.807) is 30.3 Å². The van der Waals surface area contributed by atoms with Crippen molar-refractivity contribution in [1.82, 2.24) is 4.90 Å². The number of hydrogen-bond acceptors (Lipinski definition) is 5. The topological polar surface area (TPSA) is 55.8 Å². The average Bonchev–Trinajstić information content (AvgIpc) is 2.91. The van der Waals surface area contributed by atoms with Crippen LogP contribution in [0.2, 0.25) is 0 Å². The zero-order chi connectivity index (χ0) is 18.2. The maximum Gasteiger partial charge on any atom is 0.338 e. The van der Waals surface area contributed by atoms with E-state index in [4.69, 9.17) is 13.6 Å². The number of fused-ring (bicyclic) bond motifs is 2. The molecule has 2 aliphatic rings. The zero-order valence-electron chi connectivity index (χ0n) is 15.4. The van der Waals surface area contributed by atoms with Crippen LogP contribution in [0.1, 0.15) is 33.7 Å². The van der Waals surface area contributed by atoms with Crippen molar-refractivity contribution in [2.24, 2.45) is 5.92 Å². The normalized spacial score (nSPS) is 33.4. The van der Waals surface area contributed by atoms with E-state index in [1.807, 2.05) is 0 Å². The number of piperidine rings is 1. The summed E-state index contributed by atoms with van der Waals surface area (Å²) in [5, 5.41) is 0. The van der Waals surface area contributed by atoms with Crippen molar-refractivity contribution in [3.8, 4) is 0 Å². The Morgan fingerprint density at radius 1 is 1.27 bits per heavy atom. The molecular weight excluding hydrogens is 282 g/mol. The molecule has 1 aromatic carbocycles. The van der Waals surface area contributed by atoms with E-state index in [2.05, 4.69) is 0 Å². The number of nitrogens with zero attached hydrogens (tertiary/aromatic N) is 1. The van der Waals surface area contributed by atoms with Crippen LogP contribution in [0.3, 0.4) is 0 Å². The van der Waals surface area contributed by atoms with Crippen LogP contribution in [0.25, 0.3) is 0 Å². The molecule has 2 saturated heterocycles. The summed E-state index contributed by atoms with van der Waals surface area (Å²) in [4.78, 5) is 26.1. The molecule has 0 N–H and O–H groups in total. The van der Waals surface area contributed by atoms with Crippen LogP contribution in [-0.4, -0.2) is 49.1 Å². The van der Waals surface area contributed by atoms with Crippen molar-refractivity contribution < 1.29 is 23.2 Å². The molecule has 2 aliphatic heterocycles. The van der Waals surface area contributed by atoms with E-state index in [0.29, 0.717) is 24.8 Å². The third-order valence-electron chi connectivity index (χ3n) is 4.61. The van der Waals surface area contributed by atoms with Crippen LogP contribution in [0.15, 0.2) is 30.3 Å². The van der Waals surface area contributed by atoms with E-state index in [1.165, 1.54) is 12.0 Å². The lowest BCUT2D eigenvalue weighted by Crippen LogP contribution is -2.53. The smallest absolute Gasteiger partial charge is 0.338 e. The molecule has 4 atom stereocenters. The van der Waals surface area contributed by atoms with E-state index < -0.39 is 37.0 Å². The molecule has 2 heterocycles. The standard InChI is InChI=1S/C17H21NO4/c1-18-12-8-9-13(18)15(17(20)21-2)14(10-12)22-16(19)11-6-4-3-5-7-11/h3-7,12-15H,8-10H2,1-2H3/t12-,13+,14-,15-/m0/s1/i1D3. The number of esters is 2. The highest BCUT2D eigenvalue weighted by molar-refractivity contribution is 5.89. The fraction of sp³-hybridized carbons (Fsp3) is 0.529. The molecule has 0 unspecified atom stereocenters. The summed E-state index contributed by atoms with van der Waals surface area (Å²) in [6, 6.07) is 7.80. The predicted octanol–water partition coefficient (Wildman–Crippen LogP) is 1.87. The van der Waals surface area contributed by atoms with Crippen LogP contribution in [-0.2, 0) is 14.3 Å². The molecule has 22 heavy (non-hydrogen) atoms. The van der Waals surface area contributed by atoms with Gasteiger partial charge in [0.25, 0.3) is 0 Å². The highest BCUT2D eigenvalue weighted by Crippen LogP contribution is 2.40. The summed E-state index contributed by atoms with van der Waals surface area (Å²) < 4.78 is 33.8. The Hall–Kier alpha value is -1.88. The summed E-state index contributed by atoms with van der Waals surface area (Å²) in [5.74, 6) is -1.84. The van der Waals surface area contributed by atoms with Gasteiger partial charge in [0.1, 0.15) is 12.0 Å². The number of methoxy groups -OCH3 is 1. The molecule has 1 aromatic rings. The van der Waals surface area contributed by atoms with Crippen molar-refractivity contribution >= 4 is 11.9 Å². The molecule has 118 valence electrons. The average molecular weight is 306 g/mol. The van der Waals surface area contributed by atoms with Crippen LogP contribution in [0.4, 0.5) is 0 Å². The van der Waals surface area contributed by atoms with Gasteiger partial charge in [-0.2, -0.15) is 0 Å². The van der Waals surface area contributed by atoms with Gasteiger partial charge in [0.15, 0.2) is 0 Å². The minimum absolute atomic E-state index is 0.230. The van der Waals surface area contributed by atoms with Gasteiger partial charge in [-0.15, -0.1) is 0 Å². The van der Waals surface area contributed by atoms with Crippen LogP contribution in [0.5, 0.6) is 0 Å². The lowest BCUT2D eigenvalue weighted by Gasteiger charge is -2.40. The molecule has 5 nitrogen and oxygen atoms in total. The zero-order valence-corrected chi connectivity index (χ0v) is 12.4. The summed E-state index contributed by atoms with van der Waals surface area (Å²) in [5.41, 5.74) is 0.400. The lowest BCUT2D eigenvalue weighted by atomic mass is 9.87. The maximum absolute atomic E-state index is 12.4. The van der Waals surface area contributed by atoms with Gasteiger partial charge in [-0.25, -0.2) is 4.79 Å². The van der Waals surface area contributed by atoms with Gasteiger partial charge in [0.05, 0.1) is 12.7 Å². The van der Waals surface area contributed by atoms with Gasteiger partial charge in [-0.3, -0.25) is 9.69 Å². The molecule has 0 radical (unpaired) electrons. The molecule has 0 amide bonds. The van der Waals surface area contributed by atoms with Crippen molar-refractivity contribution in [2.45, 2.75) is 37.5 Å². The van der Waals surface area contributed by atoms with E-state index in [0.717, 1.165) is 0 Å². The maximum atomic E-state index is 12.4. The predicted molar refractivity (Wildman–Crippen MR) is 80.3 cm³/mol. The van der Waals surface area contributed by atoms with Gasteiger partial charge in [-0.05, 0) is 32.0 Å². The molecule has 0 aliphatic carbocycles. The number of rotatable bonds is 3. The number of hydrogen-bond donors (Lipinski definition) is 0. The SMILES string of the molecule is [2H]C([2H])([2H])N1[C@H]2CC[C@@H]1[C@H](C(=O)OC)[C@@H](OC(=O)c1ccccc1)C2. The van der Waals surface area contributed by atoms with Crippen LogP contribution in [0, 0.1) is 5.92 Å². The first-order chi connectivity index (χ1) is 11.8. The second-order valence-corrected chi connectivity index (χ2v) is 5.80. The van der Waals surface area contributed by atoms with E-state index >= 15 is 0 Å². The lowest BCUT2D eigenvalue weighted by molar-refractivity contribution is -0.156. The summed E-state index contributed by atoms with van der Waals surface area (Å²) in [7, 11) is 1.26. The van der Waals surface area contributed by atoms with Gasteiger partial charge in [-0.1, -0.05) is 18.2 Å². The summed E-state index contributed by atoms with van der Waals surface area (Å²) >= 11 is 0. The third-order valence-corrected chi connectivity index (χ3v) is 4.61. The Morgan fingerprint density at radius 2 is 2.05 bits per heavy atom. The Kier molecular flexibility index (Phi) is 3.22. The first-order valence-corrected chi connectivity index (χ1v) is 7.45. The van der Waals surface area contributed by atoms with Gasteiger partial charge >= 0.3 is 11.9 Å². The monoisotopic (exact) mass is 306 g/mol. The fourth-order valence-corrected chi connectivity index (χ4v) is 3.50.